The molecule has 1 N–H and O–H groups in total. The molecule has 0 bridgehead atoms. The number of nitrogens with zero attached hydrogens (tertiary/aromatic N) is 4. The van der Waals surface area contributed by atoms with Crippen molar-refractivity contribution >= 4 is 32.7 Å². The molecule has 2 heterocycles. The summed E-state index contributed by atoms with van der Waals surface area (Å²) < 4.78 is 34.8. The summed E-state index contributed by atoms with van der Waals surface area (Å²) in [6, 6.07) is 13.8. The number of ether oxygens (including phenoxy) is 1. The Balaban J connectivity index is 1.54. The Bertz CT molecular complexity index is 1340. The van der Waals surface area contributed by atoms with Gasteiger partial charge in [-0.25, -0.2) is 13.4 Å². The number of nitriles is 1. The van der Waals surface area contributed by atoms with Crippen LogP contribution in [0.15, 0.2) is 47.4 Å². The van der Waals surface area contributed by atoms with Gasteiger partial charge in [-0.3, -0.25) is 4.79 Å². The number of carbonyl (C=O) groups is 1. The number of hydrogen-bond donors (Lipinski definition) is 1. The van der Waals surface area contributed by atoms with E-state index in [-0.39, 0.29) is 17.2 Å². The largest absolute Gasteiger partial charge is 0.379 e. The third kappa shape index (κ3) is 5.12. The van der Waals surface area contributed by atoms with Gasteiger partial charge in [-0.2, -0.15) is 9.57 Å². The Morgan fingerprint density at radius 2 is 2.00 bits per heavy atom. The van der Waals surface area contributed by atoms with Crippen molar-refractivity contribution in [1.29, 1.82) is 5.26 Å². The van der Waals surface area contributed by atoms with Gasteiger partial charge in [0.05, 0.1) is 40.8 Å². The highest BCUT2D eigenvalue weighted by Crippen LogP contribution is 2.24. The number of rotatable bonds is 8. The molecular weight excluding hydrogens is 454 g/mol. The van der Waals surface area contributed by atoms with Gasteiger partial charge in [-0.15, -0.1) is 0 Å². The molecule has 178 valence electrons. The van der Waals surface area contributed by atoms with Crippen LogP contribution in [0, 0.1) is 11.3 Å². The Hall–Kier alpha value is -3.26. The molecule has 9 nitrogen and oxygen atoms in total. The number of anilines is 1. The van der Waals surface area contributed by atoms with Gasteiger partial charge in [-0.05, 0) is 42.8 Å². The van der Waals surface area contributed by atoms with Crippen molar-refractivity contribution in [3.05, 3.63) is 53.9 Å². The zero-order valence-electron chi connectivity index (χ0n) is 19.0. The van der Waals surface area contributed by atoms with Gasteiger partial charge in [0.1, 0.15) is 5.82 Å². The lowest BCUT2D eigenvalue weighted by atomic mass is 10.2. The standard InChI is InChI=1S/C24H27N5O4S/c1-2-10-29-22-7-6-20(34(31,32)28-11-13-33-14-12-28)16-21(22)27-23(29)8-9-24(30)26-19-5-3-4-18(15-19)17-25/h3-7,15-16H,2,8-14H2,1H3,(H,26,30). The number of imidazole rings is 1. The van der Waals surface area contributed by atoms with Crippen molar-refractivity contribution in [2.75, 3.05) is 31.6 Å². The molecule has 1 aromatic heterocycles. The van der Waals surface area contributed by atoms with Crippen LogP contribution in [-0.4, -0.2) is 54.5 Å². The van der Waals surface area contributed by atoms with E-state index in [2.05, 4.69) is 23.3 Å². The topological polar surface area (TPSA) is 117 Å². The third-order valence-corrected chi connectivity index (χ3v) is 7.60. The number of amides is 1. The lowest BCUT2D eigenvalue weighted by Crippen LogP contribution is -2.40. The van der Waals surface area contributed by atoms with Crippen LogP contribution < -0.4 is 5.32 Å². The number of benzene rings is 2. The van der Waals surface area contributed by atoms with Crippen molar-refractivity contribution in [2.24, 2.45) is 0 Å². The summed E-state index contributed by atoms with van der Waals surface area (Å²) in [5.74, 6) is 0.555. The Morgan fingerprint density at radius 3 is 2.74 bits per heavy atom. The molecule has 0 aliphatic carbocycles. The van der Waals surface area contributed by atoms with E-state index in [1.54, 1.807) is 42.5 Å². The molecule has 2 aromatic carbocycles. The minimum absolute atomic E-state index is 0.180. The Morgan fingerprint density at radius 1 is 1.21 bits per heavy atom. The van der Waals surface area contributed by atoms with Crippen molar-refractivity contribution in [1.82, 2.24) is 13.9 Å². The van der Waals surface area contributed by atoms with Crippen molar-refractivity contribution in [3.63, 3.8) is 0 Å². The van der Waals surface area contributed by atoms with Gasteiger partial charge in [0, 0.05) is 38.2 Å². The summed E-state index contributed by atoms with van der Waals surface area (Å²) in [5, 5.41) is 11.8. The summed E-state index contributed by atoms with van der Waals surface area (Å²) in [6.07, 6.45) is 1.49. The van der Waals surface area contributed by atoms with Gasteiger partial charge in [0.15, 0.2) is 0 Å². The molecule has 1 saturated heterocycles. The first-order chi connectivity index (χ1) is 16.4. The molecule has 0 spiro atoms. The molecule has 1 aliphatic rings. The number of sulfonamides is 1. The van der Waals surface area contributed by atoms with E-state index in [4.69, 9.17) is 10.00 Å². The highest BCUT2D eigenvalue weighted by Gasteiger charge is 2.27. The van der Waals surface area contributed by atoms with Gasteiger partial charge < -0.3 is 14.6 Å². The third-order valence-electron chi connectivity index (χ3n) is 5.70. The molecule has 0 atom stereocenters. The molecular formula is C24H27N5O4S. The molecule has 0 saturated carbocycles. The van der Waals surface area contributed by atoms with Crippen LogP contribution in [0.5, 0.6) is 0 Å². The van der Waals surface area contributed by atoms with Crippen LogP contribution in [0.1, 0.15) is 31.2 Å². The number of aromatic nitrogens is 2. The second-order valence-electron chi connectivity index (χ2n) is 8.09. The number of nitrogens with one attached hydrogen (secondary N) is 1. The maximum Gasteiger partial charge on any atom is 0.243 e. The first-order valence-corrected chi connectivity index (χ1v) is 12.7. The average molecular weight is 482 g/mol. The van der Waals surface area contributed by atoms with E-state index in [1.165, 1.54) is 4.31 Å². The van der Waals surface area contributed by atoms with Crippen LogP contribution in [0.25, 0.3) is 11.0 Å². The average Bonchev–Trinajstić information content (AvgIpc) is 3.20. The molecule has 0 radical (unpaired) electrons. The predicted molar refractivity (Wildman–Crippen MR) is 128 cm³/mol. The lowest BCUT2D eigenvalue weighted by Gasteiger charge is -2.26. The minimum atomic E-state index is -3.62. The fourth-order valence-corrected chi connectivity index (χ4v) is 5.46. The monoisotopic (exact) mass is 481 g/mol. The van der Waals surface area contributed by atoms with Crippen LogP contribution in [-0.2, 0) is 32.5 Å². The zero-order chi connectivity index (χ0) is 24.1. The maximum atomic E-state index is 13.0. The number of morpholine rings is 1. The molecule has 0 unspecified atom stereocenters. The Labute approximate surface area is 199 Å². The zero-order valence-corrected chi connectivity index (χ0v) is 19.8. The van der Waals surface area contributed by atoms with E-state index < -0.39 is 10.0 Å². The summed E-state index contributed by atoms with van der Waals surface area (Å²) >= 11 is 0. The minimum Gasteiger partial charge on any atom is -0.379 e. The smallest absolute Gasteiger partial charge is 0.243 e. The van der Waals surface area contributed by atoms with E-state index >= 15 is 0 Å². The molecule has 34 heavy (non-hydrogen) atoms. The van der Waals surface area contributed by atoms with E-state index in [0.29, 0.717) is 56.0 Å². The van der Waals surface area contributed by atoms with Crippen LogP contribution in [0.2, 0.25) is 0 Å². The van der Waals surface area contributed by atoms with E-state index in [0.717, 1.165) is 17.8 Å². The number of carbonyl (C=O) groups excluding carboxylic acids is 1. The summed E-state index contributed by atoms with van der Waals surface area (Å²) in [6.45, 7) is 4.22. The van der Waals surface area contributed by atoms with E-state index in [1.807, 2.05) is 4.57 Å². The maximum absolute atomic E-state index is 13.0. The quantitative estimate of drug-likeness (QED) is 0.529. The van der Waals surface area contributed by atoms with Crippen LogP contribution in [0.3, 0.4) is 0 Å². The Kier molecular flexibility index (Phi) is 7.26. The number of hydrogen-bond acceptors (Lipinski definition) is 6. The number of aryl methyl sites for hydroxylation is 2. The summed E-state index contributed by atoms with van der Waals surface area (Å²) in [5.41, 5.74) is 2.49. The van der Waals surface area contributed by atoms with Crippen molar-refractivity contribution in [2.45, 2.75) is 37.6 Å². The van der Waals surface area contributed by atoms with Gasteiger partial charge in [0.2, 0.25) is 15.9 Å². The van der Waals surface area contributed by atoms with Crippen molar-refractivity contribution in [3.8, 4) is 6.07 Å². The highest BCUT2D eigenvalue weighted by molar-refractivity contribution is 7.89. The first-order valence-electron chi connectivity index (χ1n) is 11.3. The predicted octanol–water partition coefficient (Wildman–Crippen LogP) is 2.91. The van der Waals surface area contributed by atoms with Gasteiger partial charge in [0.25, 0.3) is 0 Å². The van der Waals surface area contributed by atoms with Crippen molar-refractivity contribution < 1.29 is 17.9 Å². The van der Waals surface area contributed by atoms with Gasteiger partial charge >= 0.3 is 0 Å². The summed E-state index contributed by atoms with van der Waals surface area (Å²) in [4.78, 5) is 17.4. The van der Waals surface area contributed by atoms with Crippen LogP contribution >= 0.6 is 0 Å². The molecule has 4 rings (SSSR count). The van der Waals surface area contributed by atoms with Crippen LogP contribution in [0.4, 0.5) is 5.69 Å². The summed E-state index contributed by atoms with van der Waals surface area (Å²) in [7, 11) is -3.62. The van der Waals surface area contributed by atoms with Gasteiger partial charge in [-0.1, -0.05) is 13.0 Å². The second-order valence-corrected chi connectivity index (χ2v) is 10.0. The normalized spacial score (nSPS) is 14.7. The fraction of sp³-hybridized carbons (Fsp3) is 0.375. The molecule has 1 amide bonds. The molecule has 1 fully saturated rings. The molecule has 10 heteroatoms. The second kappa shape index (κ2) is 10.3. The molecule has 3 aromatic rings. The van der Waals surface area contributed by atoms with E-state index in [9.17, 15) is 13.2 Å². The first kappa shape index (κ1) is 23.9. The highest BCUT2D eigenvalue weighted by atomic mass is 32.2. The molecule has 1 aliphatic heterocycles. The SMILES string of the molecule is CCCn1c(CCC(=O)Nc2cccc(C#N)c2)nc2cc(S(=O)(=O)N3CCOCC3)ccc21. The fourth-order valence-electron chi connectivity index (χ4n) is 4.04. The lowest BCUT2D eigenvalue weighted by molar-refractivity contribution is -0.116. The number of fused-ring (bicyclic) bond motifs is 1.